The Hall–Kier alpha value is -0.940. The van der Waals surface area contributed by atoms with Gasteiger partial charge in [0.05, 0.1) is 20.1 Å². The topological polar surface area (TPSA) is 42.0 Å². The summed E-state index contributed by atoms with van der Waals surface area (Å²) in [6, 6.07) is 5.70. The minimum Gasteiger partial charge on any atom is -0.325 e. The summed E-state index contributed by atoms with van der Waals surface area (Å²) in [5.74, 6) is -0.0589. The van der Waals surface area contributed by atoms with Gasteiger partial charge in [-0.3, -0.25) is 4.79 Å². The fourth-order valence-electron chi connectivity index (χ4n) is 1.21. The molecule has 1 N–H and O–H groups in total. The highest BCUT2D eigenvalue weighted by Gasteiger charge is 2.23. The van der Waals surface area contributed by atoms with Crippen LogP contribution in [0.15, 0.2) is 23.7 Å². The van der Waals surface area contributed by atoms with Crippen molar-refractivity contribution in [3.8, 4) is 0 Å². The number of alkyl halides is 1. The molecule has 0 spiro atoms. The van der Waals surface area contributed by atoms with Crippen molar-refractivity contribution in [3.63, 3.8) is 0 Å². The van der Waals surface area contributed by atoms with Gasteiger partial charge in [-0.2, -0.15) is 0 Å². The molecular formula is C11H11BrN2OS. The Morgan fingerprint density at radius 2 is 2.25 bits per heavy atom. The van der Waals surface area contributed by atoms with Crippen LogP contribution in [-0.4, -0.2) is 15.2 Å². The monoisotopic (exact) mass is 298 g/mol. The quantitative estimate of drug-likeness (QED) is 0.863. The maximum Gasteiger partial charge on any atom is 0.240 e. The third-order valence-electron chi connectivity index (χ3n) is 2.13. The van der Waals surface area contributed by atoms with Gasteiger partial charge in [0.1, 0.15) is 0 Å². The summed E-state index contributed by atoms with van der Waals surface area (Å²) < 4.78 is 0.514. The Labute approximate surface area is 106 Å². The highest BCUT2D eigenvalue weighted by molar-refractivity contribution is 9.10. The van der Waals surface area contributed by atoms with Crippen LogP contribution in [-0.2, 0) is 4.79 Å². The summed E-state index contributed by atoms with van der Waals surface area (Å²) in [4.78, 5) is 15.9. The molecule has 1 aromatic heterocycles. The van der Waals surface area contributed by atoms with Gasteiger partial charge in [0, 0.05) is 5.69 Å². The molecule has 0 atom stereocenters. The second-order valence-electron chi connectivity index (χ2n) is 3.96. The number of halogens is 1. The molecule has 1 amide bonds. The van der Waals surface area contributed by atoms with Crippen LogP contribution in [0.5, 0.6) is 0 Å². The summed E-state index contributed by atoms with van der Waals surface area (Å²) in [5.41, 5.74) is 3.56. The zero-order valence-electron chi connectivity index (χ0n) is 8.95. The van der Waals surface area contributed by atoms with Crippen molar-refractivity contribution in [1.82, 2.24) is 4.98 Å². The van der Waals surface area contributed by atoms with Gasteiger partial charge < -0.3 is 5.32 Å². The smallest absolute Gasteiger partial charge is 0.240 e. The molecule has 2 rings (SSSR count). The van der Waals surface area contributed by atoms with E-state index in [0.717, 1.165) is 15.9 Å². The second kappa shape index (κ2) is 4.14. The predicted octanol–water partition coefficient (Wildman–Crippen LogP) is 3.41. The predicted molar refractivity (Wildman–Crippen MR) is 71.3 cm³/mol. The number of aromatic nitrogens is 1. The van der Waals surface area contributed by atoms with Gasteiger partial charge in [0.15, 0.2) is 0 Å². The van der Waals surface area contributed by atoms with Gasteiger partial charge in [0.2, 0.25) is 5.91 Å². The van der Waals surface area contributed by atoms with E-state index in [1.807, 2.05) is 32.0 Å². The van der Waals surface area contributed by atoms with E-state index in [0.29, 0.717) is 0 Å². The van der Waals surface area contributed by atoms with Gasteiger partial charge in [-0.05, 0) is 32.0 Å². The van der Waals surface area contributed by atoms with Gasteiger partial charge in [-0.25, -0.2) is 4.98 Å². The molecule has 0 radical (unpaired) electrons. The molecule has 1 aromatic carbocycles. The van der Waals surface area contributed by atoms with E-state index in [9.17, 15) is 4.79 Å². The van der Waals surface area contributed by atoms with E-state index in [1.54, 1.807) is 16.8 Å². The zero-order chi connectivity index (χ0) is 11.8. The fourth-order valence-corrected chi connectivity index (χ4v) is 2.03. The summed E-state index contributed by atoms with van der Waals surface area (Å²) >= 11 is 4.88. The Morgan fingerprint density at radius 3 is 2.94 bits per heavy atom. The van der Waals surface area contributed by atoms with E-state index < -0.39 is 4.32 Å². The van der Waals surface area contributed by atoms with E-state index in [1.165, 1.54) is 0 Å². The molecule has 0 saturated carbocycles. The number of nitrogens with zero attached hydrogens (tertiary/aromatic N) is 1. The molecule has 0 fully saturated rings. The first-order chi connectivity index (χ1) is 7.47. The van der Waals surface area contributed by atoms with Crippen LogP contribution >= 0.6 is 27.3 Å². The average molecular weight is 299 g/mol. The van der Waals surface area contributed by atoms with Crippen LogP contribution < -0.4 is 5.32 Å². The largest absolute Gasteiger partial charge is 0.325 e. The molecule has 0 unspecified atom stereocenters. The van der Waals surface area contributed by atoms with E-state index in [4.69, 9.17) is 0 Å². The number of hydrogen-bond donors (Lipinski definition) is 1. The number of fused-ring (bicyclic) bond motifs is 1. The molecule has 0 bridgehead atoms. The number of amides is 1. The van der Waals surface area contributed by atoms with E-state index in [-0.39, 0.29) is 5.91 Å². The van der Waals surface area contributed by atoms with E-state index in [2.05, 4.69) is 26.2 Å². The molecule has 5 heteroatoms. The summed E-state index contributed by atoms with van der Waals surface area (Å²) in [5, 5.41) is 2.86. The second-order valence-corrected chi connectivity index (χ2v) is 6.83. The summed E-state index contributed by atoms with van der Waals surface area (Å²) in [6.45, 7) is 3.63. The highest BCUT2D eigenvalue weighted by Crippen LogP contribution is 2.24. The number of hydrogen-bond acceptors (Lipinski definition) is 3. The van der Waals surface area contributed by atoms with Crippen molar-refractivity contribution in [2.24, 2.45) is 0 Å². The van der Waals surface area contributed by atoms with Crippen LogP contribution in [0.1, 0.15) is 13.8 Å². The number of anilines is 1. The average Bonchev–Trinajstić information content (AvgIpc) is 2.63. The maximum atomic E-state index is 11.7. The van der Waals surface area contributed by atoms with Crippen molar-refractivity contribution in [1.29, 1.82) is 0 Å². The van der Waals surface area contributed by atoms with Crippen LogP contribution in [0.2, 0.25) is 0 Å². The Balaban J connectivity index is 2.24. The minimum absolute atomic E-state index is 0.0589. The lowest BCUT2D eigenvalue weighted by Crippen LogP contribution is -2.30. The third kappa shape index (κ3) is 2.41. The highest BCUT2D eigenvalue weighted by atomic mass is 79.9. The lowest BCUT2D eigenvalue weighted by atomic mass is 10.2. The first kappa shape index (κ1) is 11.5. The molecule has 0 aliphatic carbocycles. The number of carbonyl (C=O) groups is 1. The lowest BCUT2D eigenvalue weighted by Gasteiger charge is -2.15. The van der Waals surface area contributed by atoms with Crippen LogP contribution in [0, 0.1) is 0 Å². The molecule has 1 heterocycles. The number of benzene rings is 1. The number of thiazole rings is 1. The van der Waals surface area contributed by atoms with Crippen LogP contribution in [0.25, 0.3) is 10.2 Å². The molecule has 0 aliphatic rings. The molecular weight excluding hydrogens is 288 g/mol. The molecule has 16 heavy (non-hydrogen) atoms. The lowest BCUT2D eigenvalue weighted by molar-refractivity contribution is -0.117. The standard InChI is InChI=1S/C11H11BrN2OS/c1-11(2,12)10(15)14-7-3-4-8-9(5-7)16-6-13-8/h3-6H,1-2H3,(H,14,15). The van der Waals surface area contributed by atoms with Crippen LogP contribution in [0.4, 0.5) is 5.69 Å². The van der Waals surface area contributed by atoms with Crippen molar-refractivity contribution in [3.05, 3.63) is 23.7 Å². The van der Waals surface area contributed by atoms with Crippen LogP contribution in [0.3, 0.4) is 0 Å². The van der Waals surface area contributed by atoms with E-state index >= 15 is 0 Å². The van der Waals surface area contributed by atoms with Gasteiger partial charge >= 0.3 is 0 Å². The molecule has 0 saturated heterocycles. The Morgan fingerprint density at radius 1 is 1.50 bits per heavy atom. The fraction of sp³-hybridized carbons (Fsp3) is 0.273. The SMILES string of the molecule is CC(C)(Br)C(=O)Nc1ccc2ncsc2c1. The van der Waals surface area contributed by atoms with Gasteiger partial charge in [-0.1, -0.05) is 15.9 Å². The Bertz CT molecular complexity index is 530. The molecule has 2 aromatic rings. The van der Waals surface area contributed by atoms with Crippen molar-refractivity contribution >= 4 is 49.1 Å². The maximum absolute atomic E-state index is 11.7. The third-order valence-corrected chi connectivity index (χ3v) is 3.28. The number of nitrogens with one attached hydrogen (secondary N) is 1. The number of carbonyl (C=O) groups excluding carboxylic acids is 1. The summed E-state index contributed by atoms with van der Waals surface area (Å²) in [7, 11) is 0. The normalized spacial score (nSPS) is 11.7. The number of rotatable bonds is 2. The minimum atomic E-state index is -0.560. The molecule has 3 nitrogen and oxygen atoms in total. The molecule has 84 valence electrons. The Kier molecular flexibility index (Phi) is 2.99. The molecule has 0 aliphatic heterocycles. The zero-order valence-corrected chi connectivity index (χ0v) is 11.4. The first-order valence-corrected chi connectivity index (χ1v) is 6.48. The first-order valence-electron chi connectivity index (χ1n) is 4.80. The van der Waals surface area contributed by atoms with Gasteiger partial charge in [0.25, 0.3) is 0 Å². The summed E-state index contributed by atoms with van der Waals surface area (Å²) in [6.07, 6.45) is 0. The van der Waals surface area contributed by atoms with Crippen molar-refractivity contribution in [2.45, 2.75) is 18.2 Å². The van der Waals surface area contributed by atoms with Gasteiger partial charge in [-0.15, -0.1) is 11.3 Å². The van der Waals surface area contributed by atoms with Crippen molar-refractivity contribution in [2.75, 3.05) is 5.32 Å². The van der Waals surface area contributed by atoms with Crippen molar-refractivity contribution < 1.29 is 4.79 Å².